The van der Waals surface area contributed by atoms with Crippen molar-refractivity contribution in [3.63, 3.8) is 0 Å². The summed E-state index contributed by atoms with van der Waals surface area (Å²) in [5.41, 5.74) is 0.477. The molecule has 12 nitrogen and oxygen atoms in total. The molecule has 2 aromatic carbocycles. The lowest BCUT2D eigenvalue weighted by Crippen LogP contribution is -2.53. The summed E-state index contributed by atoms with van der Waals surface area (Å²) in [7, 11) is 0. The van der Waals surface area contributed by atoms with Crippen LogP contribution in [0, 0.1) is 0 Å². The van der Waals surface area contributed by atoms with Gasteiger partial charge in [-0.1, -0.05) is 26.0 Å². The van der Waals surface area contributed by atoms with Crippen LogP contribution in [-0.2, 0) is 14.4 Å². The van der Waals surface area contributed by atoms with E-state index in [1.165, 1.54) is 4.90 Å². The number of ether oxygens (including phenoxy) is 1. The second kappa shape index (κ2) is 16.2. The van der Waals surface area contributed by atoms with Crippen molar-refractivity contribution in [2.24, 2.45) is 0 Å². The molecule has 12 heteroatoms. The van der Waals surface area contributed by atoms with Gasteiger partial charge in [-0.25, -0.2) is 4.79 Å². The van der Waals surface area contributed by atoms with Crippen molar-refractivity contribution in [2.75, 3.05) is 26.2 Å². The number of likely N-dealkylation sites (tertiary alicyclic amines) is 1. The summed E-state index contributed by atoms with van der Waals surface area (Å²) in [5.74, 6) is -2.21. The molecule has 2 aromatic rings. The van der Waals surface area contributed by atoms with E-state index in [2.05, 4.69) is 16.0 Å². The first-order valence-electron chi connectivity index (χ1n) is 14.8. The molecule has 1 aliphatic rings. The molecule has 0 radical (unpaired) electrons. The maximum absolute atomic E-state index is 12.8. The molecule has 0 aliphatic carbocycles. The monoisotopic (exact) mass is 600 g/mol. The number of nitrogens with zero attached hydrogens (tertiary/aromatic N) is 1. The maximum Gasteiger partial charge on any atom is 0.326 e. The molecule has 0 spiro atoms. The summed E-state index contributed by atoms with van der Waals surface area (Å²) < 4.78 is 5.84. The average Bonchev–Trinajstić information content (AvgIpc) is 3.47. The van der Waals surface area contributed by atoms with Crippen molar-refractivity contribution < 1.29 is 39.2 Å². The first-order valence-corrected chi connectivity index (χ1v) is 14.8. The average molecular weight is 601 g/mol. The van der Waals surface area contributed by atoms with Gasteiger partial charge in [0.25, 0.3) is 5.91 Å². The van der Waals surface area contributed by atoms with Crippen LogP contribution in [0.25, 0.3) is 10.8 Å². The van der Waals surface area contributed by atoms with Crippen LogP contribution in [0.15, 0.2) is 36.4 Å². The number of unbranched alkanes of at least 4 members (excludes halogenated alkanes) is 1. The summed E-state index contributed by atoms with van der Waals surface area (Å²) in [4.78, 5) is 50.0. The third-order valence-electron chi connectivity index (χ3n) is 7.44. The number of benzene rings is 2. The van der Waals surface area contributed by atoms with Crippen LogP contribution in [0.1, 0.15) is 63.2 Å². The highest BCUT2D eigenvalue weighted by Crippen LogP contribution is 2.27. The highest BCUT2D eigenvalue weighted by molar-refractivity contribution is 5.99. The normalized spacial score (nSPS) is 17.0. The van der Waals surface area contributed by atoms with Gasteiger partial charge in [0.1, 0.15) is 30.5 Å². The van der Waals surface area contributed by atoms with Gasteiger partial charge in [-0.3, -0.25) is 19.7 Å². The van der Waals surface area contributed by atoms with E-state index in [4.69, 9.17) is 4.74 Å². The fraction of sp³-hybridized carbons (Fsp3) is 0.548. The van der Waals surface area contributed by atoms with E-state index < -0.39 is 42.1 Å². The zero-order chi connectivity index (χ0) is 31.5. The number of carbonyl (C=O) groups excluding carboxylic acids is 2. The summed E-state index contributed by atoms with van der Waals surface area (Å²) >= 11 is 0. The van der Waals surface area contributed by atoms with Gasteiger partial charge in [-0.15, -0.1) is 0 Å². The first-order chi connectivity index (χ1) is 20.5. The number of nitrogens with one attached hydrogen (secondary N) is 3. The minimum Gasteiger partial charge on any atom is -0.490 e. The fourth-order valence-corrected chi connectivity index (χ4v) is 5.10. The molecule has 43 heavy (non-hydrogen) atoms. The van der Waals surface area contributed by atoms with Gasteiger partial charge >= 0.3 is 11.9 Å². The highest BCUT2D eigenvalue weighted by Gasteiger charge is 2.36. The first kappa shape index (κ1) is 33.8. The number of carboxylic acids is 2. The molecule has 3 rings (SSSR count). The molecular formula is C31H44N4O8. The van der Waals surface area contributed by atoms with Crippen molar-refractivity contribution in [3.05, 3.63) is 42.0 Å². The van der Waals surface area contributed by atoms with Crippen LogP contribution >= 0.6 is 0 Å². The Kier molecular flexibility index (Phi) is 12.7. The number of carboxylic acid groups (broad SMARTS) is 2. The van der Waals surface area contributed by atoms with Crippen LogP contribution < -0.4 is 20.7 Å². The van der Waals surface area contributed by atoms with E-state index in [1.54, 1.807) is 19.1 Å². The molecule has 0 bridgehead atoms. The van der Waals surface area contributed by atoms with Crippen LogP contribution in [0.2, 0.25) is 0 Å². The van der Waals surface area contributed by atoms with E-state index in [-0.39, 0.29) is 25.0 Å². The number of hydrogen-bond donors (Lipinski definition) is 6. The minimum atomic E-state index is -1.10. The Hall–Kier alpha value is -3.74. The number of carbonyl (C=O) groups is 4. The number of aliphatic hydroxyl groups excluding tert-OH is 1. The third kappa shape index (κ3) is 9.91. The van der Waals surface area contributed by atoms with Crippen molar-refractivity contribution >= 4 is 34.5 Å². The van der Waals surface area contributed by atoms with Gasteiger partial charge < -0.3 is 35.6 Å². The van der Waals surface area contributed by atoms with E-state index >= 15 is 0 Å². The summed E-state index contributed by atoms with van der Waals surface area (Å²) in [6.45, 7) is 6.79. The van der Waals surface area contributed by atoms with Crippen LogP contribution in [-0.4, -0.2) is 100 Å². The SMILES string of the molecule is CC(C)NC[C@@H](O)COc1cccc2cc(C(=O)NCCCC[C@H](N[C@H](C)C(=O)N3CCC[C@H]3C(=O)O)C(=O)O)ccc12. The molecule has 236 valence electrons. The molecule has 4 atom stereocenters. The van der Waals surface area contributed by atoms with Crippen molar-refractivity contribution in [1.29, 1.82) is 0 Å². The molecule has 1 aliphatic heterocycles. The van der Waals surface area contributed by atoms with Crippen molar-refractivity contribution in [2.45, 2.75) is 83.1 Å². The lowest BCUT2D eigenvalue weighted by molar-refractivity contribution is -0.149. The van der Waals surface area contributed by atoms with Gasteiger partial charge in [0, 0.05) is 36.6 Å². The predicted octanol–water partition coefficient (Wildman–Crippen LogP) is 1.98. The standard InChI is InChI=1S/C31H44N4O8/c1-19(2)33-17-23(36)18-43-27-11-6-8-21-16-22(12-13-24(21)27)28(37)32-14-5-4-9-25(30(39)40)34-20(3)29(38)35-15-7-10-26(35)31(41)42/h6,8,11-13,16,19-20,23,25-26,33-34,36H,4-5,7,9-10,14-15,17-18H2,1-3H3,(H,32,37)(H,39,40)(H,41,42)/t20-,23-,25+,26+/m1/s1. The summed E-state index contributed by atoms with van der Waals surface area (Å²) in [6, 6.07) is 8.38. The second-order valence-corrected chi connectivity index (χ2v) is 11.3. The largest absolute Gasteiger partial charge is 0.490 e. The Balaban J connectivity index is 1.45. The molecule has 0 unspecified atom stereocenters. The Bertz CT molecular complexity index is 1270. The summed E-state index contributed by atoms with van der Waals surface area (Å²) in [5, 5.41) is 39.6. The quantitative estimate of drug-likeness (QED) is 0.147. The zero-order valence-corrected chi connectivity index (χ0v) is 25.0. The number of rotatable bonds is 17. The fourth-order valence-electron chi connectivity index (χ4n) is 5.10. The summed E-state index contributed by atoms with van der Waals surface area (Å²) in [6.07, 6.45) is 1.59. The topological polar surface area (TPSA) is 178 Å². The lowest BCUT2D eigenvalue weighted by atomic mass is 10.1. The number of aliphatic hydroxyl groups is 1. The van der Waals surface area contributed by atoms with E-state index in [0.717, 1.165) is 10.8 Å². The smallest absolute Gasteiger partial charge is 0.326 e. The molecule has 1 saturated heterocycles. The Labute approximate surface area is 251 Å². The van der Waals surface area contributed by atoms with Gasteiger partial charge in [0.15, 0.2) is 0 Å². The maximum atomic E-state index is 12.8. The zero-order valence-electron chi connectivity index (χ0n) is 25.0. The minimum absolute atomic E-state index is 0.137. The van der Waals surface area contributed by atoms with Gasteiger partial charge in [0.2, 0.25) is 5.91 Å². The van der Waals surface area contributed by atoms with Crippen LogP contribution in [0.5, 0.6) is 5.75 Å². The number of hydrogen-bond acceptors (Lipinski definition) is 8. The van der Waals surface area contributed by atoms with Crippen molar-refractivity contribution in [1.82, 2.24) is 20.9 Å². The molecule has 0 saturated carbocycles. The lowest BCUT2D eigenvalue weighted by Gasteiger charge is -2.27. The van der Waals surface area contributed by atoms with E-state index in [0.29, 0.717) is 56.6 Å². The molecule has 6 N–H and O–H groups in total. The second-order valence-electron chi connectivity index (χ2n) is 11.3. The predicted molar refractivity (Wildman–Crippen MR) is 161 cm³/mol. The van der Waals surface area contributed by atoms with Gasteiger partial charge in [-0.05, 0) is 68.7 Å². The number of aliphatic carboxylic acids is 2. The Morgan fingerprint density at radius 1 is 1.07 bits per heavy atom. The third-order valence-corrected chi connectivity index (χ3v) is 7.44. The van der Waals surface area contributed by atoms with Crippen LogP contribution in [0.3, 0.4) is 0 Å². The van der Waals surface area contributed by atoms with E-state index in [9.17, 15) is 34.5 Å². The highest BCUT2D eigenvalue weighted by atomic mass is 16.5. The van der Waals surface area contributed by atoms with E-state index in [1.807, 2.05) is 38.1 Å². The molecule has 1 heterocycles. The van der Waals surface area contributed by atoms with Crippen molar-refractivity contribution in [3.8, 4) is 5.75 Å². The number of amides is 2. The molecule has 0 aromatic heterocycles. The number of fused-ring (bicyclic) bond motifs is 1. The van der Waals surface area contributed by atoms with Crippen LogP contribution in [0.4, 0.5) is 0 Å². The Morgan fingerprint density at radius 3 is 2.53 bits per heavy atom. The van der Waals surface area contributed by atoms with Gasteiger partial charge in [-0.2, -0.15) is 0 Å². The molecule has 1 fully saturated rings. The molecular weight excluding hydrogens is 556 g/mol. The Morgan fingerprint density at radius 2 is 1.84 bits per heavy atom. The van der Waals surface area contributed by atoms with Gasteiger partial charge in [0.05, 0.1) is 6.04 Å². The molecule has 2 amide bonds.